The summed E-state index contributed by atoms with van der Waals surface area (Å²) >= 11 is 0. The zero-order valence-electron chi connectivity index (χ0n) is 10.6. The summed E-state index contributed by atoms with van der Waals surface area (Å²) in [5.41, 5.74) is 0. The SMILES string of the molecule is CCNC(COC(C)C(C)C)C(C)C. The first kappa shape index (κ1) is 13.9. The number of hydrogen-bond acceptors (Lipinski definition) is 2. The van der Waals surface area contributed by atoms with Crippen molar-refractivity contribution >= 4 is 0 Å². The summed E-state index contributed by atoms with van der Waals surface area (Å²) in [7, 11) is 0. The van der Waals surface area contributed by atoms with Crippen molar-refractivity contribution in [3.05, 3.63) is 0 Å². The second-order valence-corrected chi connectivity index (χ2v) is 4.69. The van der Waals surface area contributed by atoms with Gasteiger partial charge in [0.1, 0.15) is 0 Å². The highest BCUT2D eigenvalue weighted by molar-refractivity contribution is 4.70. The molecular formula is C12H27NO. The van der Waals surface area contributed by atoms with E-state index >= 15 is 0 Å². The van der Waals surface area contributed by atoms with Crippen molar-refractivity contribution in [1.82, 2.24) is 5.32 Å². The van der Waals surface area contributed by atoms with Crippen LogP contribution in [0.4, 0.5) is 0 Å². The molecule has 0 aliphatic carbocycles. The Kier molecular flexibility index (Phi) is 7.20. The Hall–Kier alpha value is -0.0800. The number of hydrogen-bond donors (Lipinski definition) is 1. The second kappa shape index (κ2) is 7.24. The Morgan fingerprint density at radius 2 is 1.57 bits per heavy atom. The number of ether oxygens (including phenoxy) is 1. The molecule has 2 atom stereocenters. The number of nitrogens with one attached hydrogen (secondary N) is 1. The zero-order valence-corrected chi connectivity index (χ0v) is 10.6. The van der Waals surface area contributed by atoms with E-state index in [-0.39, 0.29) is 0 Å². The van der Waals surface area contributed by atoms with Gasteiger partial charge in [-0.3, -0.25) is 0 Å². The maximum Gasteiger partial charge on any atom is 0.0625 e. The monoisotopic (exact) mass is 201 g/mol. The maximum absolute atomic E-state index is 5.82. The van der Waals surface area contributed by atoms with Crippen molar-refractivity contribution in [1.29, 1.82) is 0 Å². The van der Waals surface area contributed by atoms with Crippen molar-refractivity contribution in [3.63, 3.8) is 0 Å². The summed E-state index contributed by atoms with van der Waals surface area (Å²) in [5.74, 6) is 1.23. The normalized spacial score (nSPS) is 16.3. The van der Waals surface area contributed by atoms with Crippen molar-refractivity contribution in [2.24, 2.45) is 11.8 Å². The lowest BCUT2D eigenvalue weighted by molar-refractivity contribution is 0.0154. The summed E-state index contributed by atoms with van der Waals surface area (Å²) < 4.78 is 5.82. The van der Waals surface area contributed by atoms with E-state index in [9.17, 15) is 0 Å². The second-order valence-electron chi connectivity index (χ2n) is 4.69. The van der Waals surface area contributed by atoms with E-state index in [1.54, 1.807) is 0 Å². The minimum Gasteiger partial charge on any atom is -0.377 e. The molecule has 1 N–H and O–H groups in total. The number of rotatable bonds is 7. The molecule has 0 aromatic carbocycles. The molecular weight excluding hydrogens is 174 g/mol. The smallest absolute Gasteiger partial charge is 0.0625 e. The van der Waals surface area contributed by atoms with Gasteiger partial charge in [-0.2, -0.15) is 0 Å². The average Bonchev–Trinajstić information content (AvgIpc) is 2.10. The minimum absolute atomic E-state index is 0.356. The molecule has 0 heterocycles. The van der Waals surface area contributed by atoms with Crippen LogP contribution in [0.3, 0.4) is 0 Å². The van der Waals surface area contributed by atoms with Gasteiger partial charge in [0.2, 0.25) is 0 Å². The summed E-state index contributed by atoms with van der Waals surface area (Å²) in [5, 5.41) is 3.45. The quantitative estimate of drug-likeness (QED) is 0.684. The molecule has 14 heavy (non-hydrogen) atoms. The minimum atomic E-state index is 0.356. The largest absolute Gasteiger partial charge is 0.377 e. The summed E-state index contributed by atoms with van der Waals surface area (Å²) in [6.45, 7) is 15.0. The van der Waals surface area contributed by atoms with Gasteiger partial charge in [0, 0.05) is 6.04 Å². The van der Waals surface area contributed by atoms with Gasteiger partial charge in [-0.1, -0.05) is 34.6 Å². The molecule has 0 amide bonds. The average molecular weight is 201 g/mol. The van der Waals surface area contributed by atoms with Gasteiger partial charge in [-0.25, -0.2) is 0 Å². The highest BCUT2D eigenvalue weighted by Crippen LogP contribution is 2.08. The molecule has 0 aromatic rings. The molecule has 0 bridgehead atoms. The van der Waals surface area contributed by atoms with Crippen LogP contribution in [-0.2, 0) is 4.74 Å². The van der Waals surface area contributed by atoms with Gasteiger partial charge >= 0.3 is 0 Å². The first-order valence-corrected chi connectivity index (χ1v) is 5.84. The Morgan fingerprint density at radius 3 is 1.93 bits per heavy atom. The van der Waals surface area contributed by atoms with Gasteiger partial charge in [-0.15, -0.1) is 0 Å². The molecule has 0 aliphatic heterocycles. The molecule has 86 valence electrons. The van der Waals surface area contributed by atoms with Crippen LogP contribution in [0.15, 0.2) is 0 Å². The molecule has 0 saturated carbocycles. The Bertz CT molecular complexity index is 134. The first-order valence-electron chi connectivity index (χ1n) is 5.84. The van der Waals surface area contributed by atoms with Crippen LogP contribution < -0.4 is 5.32 Å². The molecule has 2 heteroatoms. The van der Waals surface area contributed by atoms with E-state index in [4.69, 9.17) is 4.74 Å². The van der Waals surface area contributed by atoms with Crippen LogP contribution >= 0.6 is 0 Å². The van der Waals surface area contributed by atoms with Crippen LogP contribution in [0, 0.1) is 11.8 Å². The maximum atomic E-state index is 5.82. The Balaban J connectivity index is 3.81. The third-order valence-electron chi connectivity index (χ3n) is 2.75. The van der Waals surface area contributed by atoms with Crippen molar-refractivity contribution in [3.8, 4) is 0 Å². The van der Waals surface area contributed by atoms with E-state index < -0.39 is 0 Å². The van der Waals surface area contributed by atoms with Crippen molar-refractivity contribution in [2.45, 2.75) is 53.7 Å². The van der Waals surface area contributed by atoms with E-state index in [1.807, 2.05) is 0 Å². The molecule has 0 saturated heterocycles. The Morgan fingerprint density at radius 1 is 1.00 bits per heavy atom. The van der Waals surface area contributed by atoms with E-state index in [0.717, 1.165) is 13.2 Å². The lowest BCUT2D eigenvalue weighted by Crippen LogP contribution is -2.39. The van der Waals surface area contributed by atoms with Crippen LogP contribution in [0.25, 0.3) is 0 Å². The van der Waals surface area contributed by atoms with Crippen LogP contribution in [-0.4, -0.2) is 25.3 Å². The molecule has 2 nitrogen and oxygen atoms in total. The topological polar surface area (TPSA) is 21.3 Å². The van der Waals surface area contributed by atoms with Gasteiger partial charge in [0.15, 0.2) is 0 Å². The Labute approximate surface area is 89.4 Å². The molecule has 0 aliphatic rings. The van der Waals surface area contributed by atoms with Crippen LogP contribution in [0.1, 0.15) is 41.5 Å². The zero-order chi connectivity index (χ0) is 11.1. The van der Waals surface area contributed by atoms with Crippen LogP contribution in [0.5, 0.6) is 0 Å². The summed E-state index contributed by atoms with van der Waals surface area (Å²) in [4.78, 5) is 0. The van der Waals surface area contributed by atoms with E-state index in [0.29, 0.717) is 24.0 Å². The molecule has 0 radical (unpaired) electrons. The van der Waals surface area contributed by atoms with E-state index in [2.05, 4.69) is 46.9 Å². The third-order valence-corrected chi connectivity index (χ3v) is 2.75. The van der Waals surface area contributed by atoms with Gasteiger partial charge in [0.25, 0.3) is 0 Å². The number of likely N-dealkylation sites (N-methyl/N-ethyl adjacent to an activating group) is 1. The van der Waals surface area contributed by atoms with Crippen molar-refractivity contribution in [2.75, 3.05) is 13.2 Å². The van der Waals surface area contributed by atoms with Crippen molar-refractivity contribution < 1.29 is 4.74 Å². The van der Waals surface area contributed by atoms with Gasteiger partial charge in [0.05, 0.1) is 12.7 Å². The lowest BCUT2D eigenvalue weighted by atomic mass is 10.0. The predicted molar refractivity (Wildman–Crippen MR) is 62.6 cm³/mol. The van der Waals surface area contributed by atoms with Gasteiger partial charge in [-0.05, 0) is 25.3 Å². The molecule has 0 rings (SSSR count). The van der Waals surface area contributed by atoms with E-state index in [1.165, 1.54) is 0 Å². The standard InChI is InChI=1S/C12H27NO/c1-7-13-12(10(4)5)8-14-11(6)9(2)3/h9-13H,7-8H2,1-6H3. The lowest BCUT2D eigenvalue weighted by Gasteiger charge is -2.25. The van der Waals surface area contributed by atoms with Gasteiger partial charge < -0.3 is 10.1 Å². The molecule has 0 aromatic heterocycles. The van der Waals surface area contributed by atoms with Crippen LogP contribution in [0.2, 0.25) is 0 Å². The fourth-order valence-corrected chi connectivity index (χ4v) is 1.20. The highest BCUT2D eigenvalue weighted by atomic mass is 16.5. The predicted octanol–water partition coefficient (Wildman–Crippen LogP) is 2.68. The fraction of sp³-hybridized carbons (Fsp3) is 1.00. The summed E-state index contributed by atoms with van der Waals surface area (Å²) in [6.07, 6.45) is 0.356. The summed E-state index contributed by atoms with van der Waals surface area (Å²) in [6, 6.07) is 0.487. The molecule has 2 unspecified atom stereocenters. The molecule has 0 fully saturated rings. The first-order chi connectivity index (χ1) is 6.49. The third kappa shape index (κ3) is 5.61. The highest BCUT2D eigenvalue weighted by Gasteiger charge is 2.14. The fourth-order valence-electron chi connectivity index (χ4n) is 1.20. The molecule has 0 spiro atoms.